The van der Waals surface area contributed by atoms with E-state index in [1.165, 1.54) is 0 Å². The minimum absolute atomic E-state index is 0.00942. The number of amides is 3. The second kappa shape index (κ2) is 9.04. The summed E-state index contributed by atoms with van der Waals surface area (Å²) >= 11 is 0. The van der Waals surface area contributed by atoms with Crippen LogP contribution < -0.4 is 10.6 Å². The van der Waals surface area contributed by atoms with Gasteiger partial charge < -0.3 is 15.5 Å². The van der Waals surface area contributed by atoms with Gasteiger partial charge in [0.2, 0.25) is 5.91 Å². The quantitative estimate of drug-likeness (QED) is 0.818. The molecule has 0 saturated carbocycles. The first-order valence-corrected chi connectivity index (χ1v) is 8.84. The molecule has 0 heterocycles. The van der Waals surface area contributed by atoms with E-state index < -0.39 is 0 Å². The molecule has 0 bridgehead atoms. The summed E-state index contributed by atoms with van der Waals surface area (Å²) in [5.74, 6) is -0.0707. The lowest BCUT2D eigenvalue weighted by atomic mass is 10.1. The Hall–Kier alpha value is -2.82. The van der Waals surface area contributed by atoms with Crippen molar-refractivity contribution in [3.8, 4) is 0 Å². The maximum atomic E-state index is 12.4. The second-order valence-electron chi connectivity index (χ2n) is 6.70. The van der Waals surface area contributed by atoms with E-state index in [1.807, 2.05) is 75.4 Å². The molecule has 0 aliphatic rings. The molecule has 0 aliphatic carbocycles. The third kappa shape index (κ3) is 5.34. The molecule has 2 aromatic rings. The molecule has 2 N–H and O–H groups in total. The van der Waals surface area contributed by atoms with Crippen molar-refractivity contribution in [2.24, 2.45) is 5.92 Å². The van der Waals surface area contributed by atoms with Gasteiger partial charge in [-0.3, -0.25) is 4.79 Å². The van der Waals surface area contributed by atoms with Gasteiger partial charge in [0.25, 0.3) is 0 Å². The van der Waals surface area contributed by atoms with Crippen LogP contribution in [0, 0.1) is 5.92 Å². The van der Waals surface area contributed by atoms with Gasteiger partial charge in [0.05, 0.1) is 6.04 Å². The van der Waals surface area contributed by atoms with Crippen molar-refractivity contribution in [3.63, 3.8) is 0 Å². The highest BCUT2D eigenvalue weighted by Gasteiger charge is 2.16. The Morgan fingerprint density at radius 1 is 0.962 bits per heavy atom. The van der Waals surface area contributed by atoms with Crippen molar-refractivity contribution in [1.82, 2.24) is 10.2 Å². The van der Waals surface area contributed by atoms with Crippen molar-refractivity contribution in [2.75, 3.05) is 12.4 Å². The molecule has 2 rings (SSSR count). The van der Waals surface area contributed by atoms with E-state index in [0.29, 0.717) is 6.54 Å². The third-order valence-electron chi connectivity index (χ3n) is 4.37. The van der Waals surface area contributed by atoms with E-state index in [4.69, 9.17) is 0 Å². The molecule has 0 radical (unpaired) electrons. The molecule has 0 fully saturated rings. The van der Waals surface area contributed by atoms with Crippen LogP contribution in [0.4, 0.5) is 10.5 Å². The molecule has 0 aliphatic heterocycles. The average Bonchev–Trinajstić information content (AvgIpc) is 2.66. The number of carbonyl (C=O) groups excluding carboxylic acids is 2. The van der Waals surface area contributed by atoms with Crippen molar-refractivity contribution in [2.45, 2.75) is 33.4 Å². The number of hydrogen-bond donors (Lipinski definition) is 2. The lowest BCUT2D eigenvalue weighted by molar-refractivity contribution is -0.118. The smallest absolute Gasteiger partial charge is 0.317 e. The summed E-state index contributed by atoms with van der Waals surface area (Å²) in [5.41, 5.74) is 2.82. The van der Waals surface area contributed by atoms with Gasteiger partial charge in [0.1, 0.15) is 0 Å². The van der Waals surface area contributed by atoms with E-state index in [0.717, 1.165) is 16.8 Å². The van der Waals surface area contributed by atoms with Gasteiger partial charge in [0.15, 0.2) is 0 Å². The van der Waals surface area contributed by atoms with Crippen LogP contribution in [0.5, 0.6) is 0 Å². The van der Waals surface area contributed by atoms with Crippen LogP contribution in [-0.2, 0) is 11.3 Å². The zero-order chi connectivity index (χ0) is 19.1. The van der Waals surface area contributed by atoms with Crippen LogP contribution in [0.2, 0.25) is 0 Å². The van der Waals surface area contributed by atoms with Gasteiger partial charge >= 0.3 is 6.03 Å². The highest BCUT2D eigenvalue weighted by Crippen LogP contribution is 2.18. The number of benzene rings is 2. The van der Waals surface area contributed by atoms with Crippen LogP contribution in [-0.4, -0.2) is 23.9 Å². The van der Waals surface area contributed by atoms with Crippen molar-refractivity contribution < 1.29 is 9.59 Å². The monoisotopic (exact) mass is 353 g/mol. The predicted molar refractivity (Wildman–Crippen MR) is 105 cm³/mol. The zero-order valence-corrected chi connectivity index (χ0v) is 15.8. The number of rotatable bonds is 6. The molecule has 5 nitrogen and oxygen atoms in total. The Bertz CT molecular complexity index is 727. The van der Waals surface area contributed by atoms with Gasteiger partial charge in [-0.2, -0.15) is 0 Å². The van der Waals surface area contributed by atoms with Crippen molar-refractivity contribution >= 4 is 17.6 Å². The van der Waals surface area contributed by atoms with Gasteiger partial charge in [-0.25, -0.2) is 4.79 Å². The molecule has 1 atom stereocenters. The fourth-order valence-corrected chi connectivity index (χ4v) is 2.43. The van der Waals surface area contributed by atoms with E-state index in [1.54, 1.807) is 11.9 Å². The largest absolute Gasteiger partial charge is 0.334 e. The summed E-state index contributed by atoms with van der Waals surface area (Å²) in [7, 11) is 1.79. The molecule has 0 unspecified atom stereocenters. The van der Waals surface area contributed by atoms with Gasteiger partial charge in [-0.15, -0.1) is 0 Å². The lowest BCUT2D eigenvalue weighted by Gasteiger charge is -2.25. The maximum absolute atomic E-state index is 12.4. The normalized spacial score (nSPS) is 11.7. The van der Waals surface area contributed by atoms with E-state index in [-0.39, 0.29) is 23.9 Å². The maximum Gasteiger partial charge on any atom is 0.317 e. The number of nitrogens with zero attached hydrogens (tertiary/aromatic N) is 1. The third-order valence-corrected chi connectivity index (χ3v) is 4.37. The number of carbonyl (C=O) groups is 2. The zero-order valence-electron chi connectivity index (χ0n) is 15.8. The first-order valence-electron chi connectivity index (χ1n) is 8.84. The fourth-order valence-electron chi connectivity index (χ4n) is 2.43. The molecule has 5 heteroatoms. The van der Waals surface area contributed by atoms with Gasteiger partial charge in [-0.1, -0.05) is 56.3 Å². The highest BCUT2D eigenvalue weighted by molar-refractivity contribution is 5.92. The summed E-state index contributed by atoms with van der Waals surface area (Å²) in [6.07, 6.45) is 0. The molecule has 0 saturated heterocycles. The van der Waals surface area contributed by atoms with Crippen molar-refractivity contribution in [3.05, 3.63) is 65.7 Å². The first kappa shape index (κ1) is 19.5. The standard InChI is InChI=1S/C21H27N3O2/c1-15(2)20(25)23-19-12-10-17(11-13-19)14-22-21(26)24(4)16(3)18-8-6-5-7-9-18/h5-13,15-16H,14H2,1-4H3,(H,22,26)(H,23,25)/t16-/m0/s1. The topological polar surface area (TPSA) is 61.4 Å². The van der Waals surface area contributed by atoms with Crippen LogP contribution in [0.1, 0.15) is 37.9 Å². The Balaban J connectivity index is 1.87. The summed E-state index contributed by atoms with van der Waals surface area (Å²) in [5, 5.41) is 5.78. The van der Waals surface area contributed by atoms with E-state index in [9.17, 15) is 9.59 Å². The minimum atomic E-state index is -0.126. The number of nitrogens with one attached hydrogen (secondary N) is 2. The first-order chi connectivity index (χ1) is 12.4. The second-order valence-corrected chi connectivity index (χ2v) is 6.70. The van der Waals surface area contributed by atoms with Crippen LogP contribution in [0.15, 0.2) is 54.6 Å². The predicted octanol–water partition coefficient (Wildman–Crippen LogP) is 4.18. The lowest BCUT2D eigenvalue weighted by Crippen LogP contribution is -2.38. The molecule has 0 aromatic heterocycles. The van der Waals surface area contributed by atoms with Crippen LogP contribution in [0.3, 0.4) is 0 Å². The molecular formula is C21H27N3O2. The SMILES string of the molecule is CC(C)C(=O)Nc1ccc(CNC(=O)N(C)[C@@H](C)c2ccccc2)cc1. The molecule has 3 amide bonds. The Labute approximate surface area is 155 Å². The summed E-state index contributed by atoms with van der Waals surface area (Å²) in [6.45, 7) is 6.14. The number of urea groups is 1. The molecule has 2 aromatic carbocycles. The van der Waals surface area contributed by atoms with E-state index in [2.05, 4.69) is 10.6 Å². The molecular weight excluding hydrogens is 326 g/mol. The average molecular weight is 353 g/mol. The van der Waals surface area contributed by atoms with Crippen LogP contribution in [0.25, 0.3) is 0 Å². The summed E-state index contributed by atoms with van der Waals surface area (Å²) < 4.78 is 0. The number of anilines is 1. The fraction of sp³-hybridized carbons (Fsp3) is 0.333. The van der Waals surface area contributed by atoms with Crippen molar-refractivity contribution in [1.29, 1.82) is 0 Å². The minimum Gasteiger partial charge on any atom is -0.334 e. The highest BCUT2D eigenvalue weighted by atomic mass is 16.2. The molecule has 138 valence electrons. The molecule has 0 spiro atoms. The summed E-state index contributed by atoms with van der Waals surface area (Å²) in [6, 6.07) is 17.3. The Kier molecular flexibility index (Phi) is 6.78. The number of hydrogen-bond acceptors (Lipinski definition) is 2. The van der Waals surface area contributed by atoms with Crippen LogP contribution >= 0.6 is 0 Å². The van der Waals surface area contributed by atoms with E-state index >= 15 is 0 Å². The molecule has 26 heavy (non-hydrogen) atoms. The summed E-state index contributed by atoms with van der Waals surface area (Å²) in [4.78, 5) is 25.8. The Morgan fingerprint density at radius 2 is 1.58 bits per heavy atom. The van der Waals surface area contributed by atoms with Gasteiger partial charge in [0, 0.05) is 25.2 Å². The Morgan fingerprint density at radius 3 is 2.15 bits per heavy atom. The van der Waals surface area contributed by atoms with Gasteiger partial charge in [-0.05, 0) is 30.2 Å².